The minimum Gasteiger partial charge on any atom is -0.490 e. The van der Waals surface area contributed by atoms with Gasteiger partial charge in [-0.15, -0.1) is 0 Å². The van der Waals surface area contributed by atoms with Crippen LogP contribution in [0.3, 0.4) is 0 Å². The first-order valence-electron chi connectivity index (χ1n) is 9.76. The molecule has 0 aliphatic carbocycles. The molecule has 7 nitrogen and oxygen atoms in total. The molecule has 3 heterocycles. The van der Waals surface area contributed by atoms with Gasteiger partial charge < -0.3 is 9.64 Å². The minimum absolute atomic E-state index is 0.0502. The van der Waals surface area contributed by atoms with Crippen LogP contribution in [0.5, 0.6) is 5.75 Å². The smallest absolute Gasteiger partial charge is 0.258 e. The third-order valence-electron chi connectivity index (χ3n) is 5.15. The van der Waals surface area contributed by atoms with Gasteiger partial charge in [0.15, 0.2) is 9.84 Å². The van der Waals surface area contributed by atoms with Gasteiger partial charge in [-0.1, -0.05) is 6.07 Å². The molecular weight excluding hydrogens is 402 g/mol. The van der Waals surface area contributed by atoms with Gasteiger partial charge in [-0.25, -0.2) is 13.4 Å². The lowest BCUT2D eigenvalue weighted by Gasteiger charge is -2.32. The summed E-state index contributed by atoms with van der Waals surface area (Å²) >= 11 is 0. The van der Waals surface area contributed by atoms with Crippen molar-refractivity contribution in [2.75, 3.05) is 24.2 Å². The fourth-order valence-corrected chi connectivity index (χ4v) is 4.17. The number of piperidine rings is 1. The number of aromatic nitrogens is 2. The summed E-state index contributed by atoms with van der Waals surface area (Å²) in [5.74, 6) is 1.51. The van der Waals surface area contributed by atoms with Gasteiger partial charge >= 0.3 is 0 Å². The third-order valence-corrected chi connectivity index (χ3v) is 6.28. The van der Waals surface area contributed by atoms with Crippen LogP contribution in [-0.4, -0.2) is 43.4 Å². The Bertz CT molecular complexity index is 1170. The number of pyridine rings is 2. The number of hydrogen-bond acceptors (Lipinski definition) is 6. The van der Waals surface area contributed by atoms with E-state index in [1.165, 1.54) is 22.8 Å². The minimum atomic E-state index is -3.27. The summed E-state index contributed by atoms with van der Waals surface area (Å²) in [6, 6.07) is 15.3. The van der Waals surface area contributed by atoms with Crippen LogP contribution in [0.25, 0.3) is 5.69 Å². The highest BCUT2D eigenvalue weighted by Crippen LogP contribution is 2.21. The SMILES string of the molecule is CS(=O)(=O)c1ccc(-n2ccc(OC3CCN(c4ccccn4)CC3)cc2=O)cc1. The molecule has 0 amide bonds. The second kappa shape index (κ2) is 8.31. The molecule has 0 atom stereocenters. The number of nitrogens with zero attached hydrogens (tertiary/aromatic N) is 3. The summed E-state index contributed by atoms with van der Waals surface area (Å²) in [4.78, 5) is 19.4. The van der Waals surface area contributed by atoms with E-state index in [0.29, 0.717) is 11.4 Å². The van der Waals surface area contributed by atoms with Crippen molar-refractivity contribution in [3.8, 4) is 11.4 Å². The van der Waals surface area contributed by atoms with Gasteiger partial charge in [0.25, 0.3) is 5.56 Å². The molecule has 0 radical (unpaired) electrons. The molecule has 0 unspecified atom stereocenters. The van der Waals surface area contributed by atoms with E-state index in [2.05, 4.69) is 9.88 Å². The molecular formula is C22H23N3O4S. The molecule has 156 valence electrons. The second-order valence-electron chi connectivity index (χ2n) is 7.33. The lowest BCUT2D eigenvalue weighted by atomic mass is 10.1. The molecule has 1 saturated heterocycles. The molecule has 4 rings (SSSR count). The first kappa shape index (κ1) is 20.2. The molecule has 30 heavy (non-hydrogen) atoms. The first-order chi connectivity index (χ1) is 14.4. The summed E-state index contributed by atoms with van der Waals surface area (Å²) in [5.41, 5.74) is 0.369. The summed E-state index contributed by atoms with van der Waals surface area (Å²) in [5, 5.41) is 0. The predicted octanol–water partition coefficient (Wildman–Crippen LogP) is 2.68. The average molecular weight is 426 g/mol. The Labute approximate surface area is 175 Å². The van der Waals surface area contributed by atoms with Crippen molar-refractivity contribution in [2.45, 2.75) is 23.8 Å². The molecule has 0 N–H and O–H groups in total. The highest BCUT2D eigenvalue weighted by Gasteiger charge is 2.21. The maximum absolute atomic E-state index is 12.5. The van der Waals surface area contributed by atoms with Crippen LogP contribution < -0.4 is 15.2 Å². The zero-order valence-electron chi connectivity index (χ0n) is 16.6. The molecule has 0 bridgehead atoms. The van der Waals surface area contributed by atoms with E-state index in [1.807, 2.05) is 18.2 Å². The second-order valence-corrected chi connectivity index (χ2v) is 9.34. The van der Waals surface area contributed by atoms with Crippen LogP contribution in [0.15, 0.2) is 76.7 Å². The molecule has 1 aliphatic heterocycles. The van der Waals surface area contributed by atoms with Gasteiger partial charge in [0, 0.05) is 56.3 Å². The summed E-state index contributed by atoms with van der Waals surface area (Å²) < 4.78 is 30.7. The maximum atomic E-state index is 12.5. The first-order valence-corrected chi connectivity index (χ1v) is 11.7. The van der Waals surface area contributed by atoms with Gasteiger partial charge in [-0.3, -0.25) is 9.36 Å². The number of anilines is 1. The van der Waals surface area contributed by atoms with Crippen LogP contribution in [0.2, 0.25) is 0 Å². The standard InChI is InChI=1S/C22H23N3O4S/c1-30(27,28)20-7-5-17(6-8-20)25-15-11-19(16-22(25)26)29-18-9-13-24(14-10-18)21-4-2-3-12-23-21/h2-8,11-12,15-16,18H,9-10,13-14H2,1H3. The molecule has 8 heteroatoms. The van der Waals surface area contributed by atoms with E-state index < -0.39 is 9.84 Å². The Morgan fingerprint density at radius 1 is 1.03 bits per heavy atom. The molecule has 1 aromatic carbocycles. The van der Waals surface area contributed by atoms with E-state index in [4.69, 9.17) is 4.74 Å². The quantitative estimate of drug-likeness (QED) is 0.625. The Hall–Kier alpha value is -3.13. The van der Waals surface area contributed by atoms with Crippen LogP contribution in [0, 0.1) is 0 Å². The fraction of sp³-hybridized carbons (Fsp3) is 0.273. The maximum Gasteiger partial charge on any atom is 0.258 e. The van der Waals surface area contributed by atoms with Crippen LogP contribution in [0.1, 0.15) is 12.8 Å². The fourth-order valence-electron chi connectivity index (χ4n) is 3.54. The van der Waals surface area contributed by atoms with Gasteiger partial charge in [0.05, 0.1) is 4.90 Å². The zero-order chi connectivity index (χ0) is 21.1. The lowest BCUT2D eigenvalue weighted by Crippen LogP contribution is -2.38. The monoisotopic (exact) mass is 425 g/mol. The van der Waals surface area contributed by atoms with Gasteiger partial charge in [0.2, 0.25) is 0 Å². The number of rotatable bonds is 5. The van der Waals surface area contributed by atoms with Crippen molar-refractivity contribution in [2.24, 2.45) is 0 Å². The van der Waals surface area contributed by atoms with E-state index in [9.17, 15) is 13.2 Å². The van der Waals surface area contributed by atoms with Crippen molar-refractivity contribution < 1.29 is 13.2 Å². The molecule has 1 fully saturated rings. The zero-order valence-corrected chi connectivity index (χ0v) is 17.5. The van der Waals surface area contributed by atoms with Crippen molar-refractivity contribution >= 4 is 15.7 Å². The molecule has 3 aromatic rings. The van der Waals surface area contributed by atoms with E-state index in [1.54, 1.807) is 30.6 Å². The highest BCUT2D eigenvalue weighted by molar-refractivity contribution is 7.90. The Kier molecular flexibility index (Phi) is 5.59. The topological polar surface area (TPSA) is 81.5 Å². The molecule has 1 aliphatic rings. The predicted molar refractivity (Wildman–Crippen MR) is 115 cm³/mol. The van der Waals surface area contributed by atoms with Crippen LogP contribution >= 0.6 is 0 Å². The average Bonchev–Trinajstić information content (AvgIpc) is 2.75. The van der Waals surface area contributed by atoms with E-state index in [0.717, 1.165) is 38.0 Å². The van der Waals surface area contributed by atoms with E-state index >= 15 is 0 Å². The van der Waals surface area contributed by atoms with Crippen molar-refractivity contribution in [3.63, 3.8) is 0 Å². The van der Waals surface area contributed by atoms with Gasteiger partial charge in [-0.05, 0) is 42.5 Å². The number of hydrogen-bond donors (Lipinski definition) is 0. The van der Waals surface area contributed by atoms with Crippen LogP contribution in [-0.2, 0) is 9.84 Å². The largest absolute Gasteiger partial charge is 0.490 e. The normalized spacial score (nSPS) is 15.2. The Morgan fingerprint density at radius 3 is 2.37 bits per heavy atom. The van der Waals surface area contributed by atoms with Gasteiger partial charge in [0.1, 0.15) is 17.7 Å². The molecule has 2 aromatic heterocycles. The Balaban J connectivity index is 1.41. The third kappa shape index (κ3) is 4.54. The van der Waals surface area contributed by atoms with Crippen molar-refractivity contribution in [1.82, 2.24) is 9.55 Å². The molecule has 0 saturated carbocycles. The van der Waals surface area contributed by atoms with E-state index in [-0.39, 0.29) is 16.6 Å². The Morgan fingerprint density at radius 2 is 1.77 bits per heavy atom. The van der Waals surface area contributed by atoms with Crippen molar-refractivity contribution in [1.29, 1.82) is 0 Å². The molecule has 0 spiro atoms. The van der Waals surface area contributed by atoms with Crippen LogP contribution in [0.4, 0.5) is 5.82 Å². The van der Waals surface area contributed by atoms with Crippen molar-refractivity contribution in [3.05, 3.63) is 77.3 Å². The highest BCUT2D eigenvalue weighted by atomic mass is 32.2. The lowest BCUT2D eigenvalue weighted by molar-refractivity contribution is 0.170. The number of ether oxygens (including phenoxy) is 1. The number of benzene rings is 1. The van der Waals surface area contributed by atoms with Gasteiger partial charge in [-0.2, -0.15) is 0 Å². The summed E-state index contributed by atoms with van der Waals surface area (Å²) in [6.45, 7) is 1.71. The summed E-state index contributed by atoms with van der Waals surface area (Å²) in [6.07, 6.45) is 6.35. The number of sulfone groups is 1. The summed E-state index contributed by atoms with van der Waals surface area (Å²) in [7, 11) is -3.27.